The van der Waals surface area contributed by atoms with Crippen molar-refractivity contribution in [3.63, 3.8) is 0 Å². The number of benzene rings is 1. The number of hydrogen-bond acceptors (Lipinski definition) is 6. The molecule has 2 saturated heterocycles. The molecular formula is C18H23FN2O5. The lowest BCUT2D eigenvalue weighted by Crippen LogP contribution is -2.39. The third-order valence-corrected chi connectivity index (χ3v) is 5.10. The van der Waals surface area contributed by atoms with E-state index in [0.717, 1.165) is 44.4 Å². The summed E-state index contributed by atoms with van der Waals surface area (Å²) in [6.07, 6.45) is 4.08. The Labute approximate surface area is 151 Å². The van der Waals surface area contributed by atoms with Gasteiger partial charge in [-0.2, -0.15) is 0 Å². The number of nitrogens with zero attached hydrogens (tertiary/aromatic N) is 2. The van der Waals surface area contributed by atoms with Gasteiger partial charge in [0.25, 0.3) is 5.69 Å². The second kappa shape index (κ2) is 7.99. The number of halogens is 1. The molecule has 26 heavy (non-hydrogen) atoms. The number of ether oxygens (including phenoxy) is 2. The highest BCUT2D eigenvalue weighted by atomic mass is 19.1. The molecule has 1 atom stereocenters. The number of nitro benzene ring substituents is 1. The van der Waals surface area contributed by atoms with Crippen molar-refractivity contribution in [3.05, 3.63) is 33.6 Å². The largest absolute Gasteiger partial charge is 0.462 e. The third-order valence-electron chi connectivity index (χ3n) is 5.10. The van der Waals surface area contributed by atoms with E-state index < -0.39 is 22.4 Å². The van der Waals surface area contributed by atoms with Crippen molar-refractivity contribution in [1.29, 1.82) is 0 Å². The monoisotopic (exact) mass is 366 g/mol. The summed E-state index contributed by atoms with van der Waals surface area (Å²) < 4.78 is 25.4. The molecule has 8 heteroatoms. The van der Waals surface area contributed by atoms with Gasteiger partial charge in [-0.1, -0.05) is 0 Å². The van der Waals surface area contributed by atoms with Crippen molar-refractivity contribution in [1.82, 2.24) is 0 Å². The van der Waals surface area contributed by atoms with Crippen molar-refractivity contribution >= 4 is 17.3 Å². The van der Waals surface area contributed by atoms with Gasteiger partial charge in [0.05, 0.1) is 35.0 Å². The van der Waals surface area contributed by atoms with Crippen LogP contribution in [0.5, 0.6) is 0 Å². The molecule has 142 valence electrons. The van der Waals surface area contributed by atoms with Gasteiger partial charge in [-0.25, -0.2) is 9.18 Å². The minimum atomic E-state index is -0.766. The number of anilines is 1. The molecule has 1 unspecified atom stereocenters. The third kappa shape index (κ3) is 3.80. The van der Waals surface area contributed by atoms with Gasteiger partial charge in [0.15, 0.2) is 5.82 Å². The lowest BCUT2D eigenvalue weighted by Gasteiger charge is -2.36. The van der Waals surface area contributed by atoms with Crippen LogP contribution < -0.4 is 4.90 Å². The lowest BCUT2D eigenvalue weighted by atomic mass is 9.89. The van der Waals surface area contributed by atoms with Crippen LogP contribution in [0.3, 0.4) is 0 Å². The molecule has 0 saturated carbocycles. The predicted molar refractivity (Wildman–Crippen MR) is 92.9 cm³/mol. The first kappa shape index (κ1) is 18.6. The smallest absolute Gasteiger partial charge is 0.340 e. The van der Waals surface area contributed by atoms with Gasteiger partial charge in [0.2, 0.25) is 0 Å². The summed E-state index contributed by atoms with van der Waals surface area (Å²) in [6, 6.07) is 1.97. The maximum atomic E-state index is 14.7. The average molecular weight is 366 g/mol. The molecule has 2 heterocycles. The maximum Gasteiger partial charge on any atom is 0.340 e. The fourth-order valence-corrected chi connectivity index (χ4v) is 3.85. The van der Waals surface area contributed by atoms with Crippen LogP contribution in [0.15, 0.2) is 12.1 Å². The van der Waals surface area contributed by atoms with Gasteiger partial charge in [0, 0.05) is 25.8 Å². The SMILES string of the molecule is CCOC(=O)c1cc([N+](=O)[O-])cc(F)c1N1CCC(C2CCCO2)CC1. The van der Waals surface area contributed by atoms with Gasteiger partial charge in [-0.15, -0.1) is 0 Å². The molecule has 2 aliphatic rings. The first-order valence-corrected chi connectivity index (χ1v) is 9.02. The van der Waals surface area contributed by atoms with Gasteiger partial charge >= 0.3 is 5.97 Å². The molecular weight excluding hydrogens is 343 g/mol. The number of piperidine rings is 1. The normalized spacial score (nSPS) is 21.0. The fourth-order valence-electron chi connectivity index (χ4n) is 3.85. The molecule has 0 radical (unpaired) electrons. The first-order chi connectivity index (χ1) is 12.5. The highest BCUT2D eigenvalue weighted by molar-refractivity contribution is 5.97. The summed E-state index contributed by atoms with van der Waals surface area (Å²) in [5, 5.41) is 11.0. The molecule has 0 aromatic heterocycles. The number of non-ortho nitro benzene ring substituents is 1. The summed E-state index contributed by atoms with van der Waals surface area (Å²) in [5.74, 6) is -1.08. The van der Waals surface area contributed by atoms with Gasteiger partial charge in [0.1, 0.15) is 0 Å². The van der Waals surface area contributed by atoms with E-state index in [1.807, 2.05) is 0 Å². The highest BCUT2D eigenvalue weighted by Crippen LogP contribution is 2.35. The second-order valence-corrected chi connectivity index (χ2v) is 6.68. The van der Waals surface area contributed by atoms with Crippen LogP contribution in [0, 0.1) is 21.8 Å². The molecule has 2 aliphatic heterocycles. The van der Waals surface area contributed by atoms with Crippen LogP contribution in [0.25, 0.3) is 0 Å². The van der Waals surface area contributed by atoms with E-state index in [1.165, 1.54) is 0 Å². The van der Waals surface area contributed by atoms with E-state index in [2.05, 4.69) is 0 Å². The van der Waals surface area contributed by atoms with Gasteiger partial charge in [-0.3, -0.25) is 10.1 Å². The van der Waals surface area contributed by atoms with E-state index in [-0.39, 0.29) is 24.0 Å². The lowest BCUT2D eigenvalue weighted by molar-refractivity contribution is -0.385. The van der Waals surface area contributed by atoms with Crippen LogP contribution in [0.2, 0.25) is 0 Å². The van der Waals surface area contributed by atoms with Crippen molar-refractivity contribution in [3.8, 4) is 0 Å². The Kier molecular flexibility index (Phi) is 5.70. The van der Waals surface area contributed by atoms with Crippen molar-refractivity contribution < 1.29 is 23.6 Å². The summed E-state index contributed by atoms with van der Waals surface area (Å²) in [7, 11) is 0. The topological polar surface area (TPSA) is 81.9 Å². The number of nitro groups is 1. The average Bonchev–Trinajstić information content (AvgIpc) is 3.16. The molecule has 3 rings (SSSR count). The maximum absolute atomic E-state index is 14.7. The zero-order valence-electron chi connectivity index (χ0n) is 14.8. The number of carbonyl (C=O) groups excluding carboxylic acids is 1. The van der Waals surface area contributed by atoms with Crippen molar-refractivity contribution in [2.24, 2.45) is 5.92 Å². The van der Waals surface area contributed by atoms with Crippen molar-refractivity contribution in [2.45, 2.75) is 38.7 Å². The highest BCUT2D eigenvalue weighted by Gasteiger charge is 2.32. The Morgan fingerprint density at radius 3 is 2.69 bits per heavy atom. The zero-order chi connectivity index (χ0) is 18.7. The number of carbonyl (C=O) groups is 1. The van der Waals surface area contributed by atoms with E-state index in [0.29, 0.717) is 19.0 Å². The minimum absolute atomic E-state index is 0.0888. The quantitative estimate of drug-likeness (QED) is 0.452. The molecule has 0 amide bonds. The predicted octanol–water partition coefficient (Wildman–Crippen LogP) is 3.31. The fraction of sp³-hybridized carbons (Fsp3) is 0.611. The number of rotatable bonds is 5. The second-order valence-electron chi connectivity index (χ2n) is 6.68. The Morgan fingerprint density at radius 1 is 1.38 bits per heavy atom. The molecule has 0 N–H and O–H groups in total. The Balaban J connectivity index is 1.84. The number of esters is 1. The summed E-state index contributed by atoms with van der Waals surface area (Å²) in [5.41, 5.74) is -0.447. The zero-order valence-corrected chi connectivity index (χ0v) is 14.8. The van der Waals surface area contributed by atoms with Crippen molar-refractivity contribution in [2.75, 3.05) is 31.2 Å². The summed E-state index contributed by atoms with van der Waals surface area (Å²) in [6.45, 7) is 3.70. The van der Waals surface area contributed by atoms with Crippen LogP contribution in [-0.2, 0) is 9.47 Å². The molecule has 0 spiro atoms. The van der Waals surface area contributed by atoms with Gasteiger partial charge in [-0.05, 0) is 38.5 Å². The van der Waals surface area contributed by atoms with Crippen LogP contribution in [-0.4, -0.2) is 43.3 Å². The Bertz CT molecular complexity index is 682. The summed E-state index contributed by atoms with van der Waals surface area (Å²) in [4.78, 5) is 24.4. The first-order valence-electron chi connectivity index (χ1n) is 9.02. The van der Waals surface area contributed by atoms with Crippen LogP contribution in [0.1, 0.15) is 43.0 Å². The molecule has 0 aliphatic carbocycles. The standard InChI is InChI=1S/C18H23FN2O5/c1-2-25-18(22)14-10-13(21(23)24)11-15(19)17(14)20-7-5-12(6-8-20)16-4-3-9-26-16/h10-12,16H,2-9H2,1H3. The van der Waals surface area contributed by atoms with E-state index >= 15 is 0 Å². The molecule has 0 bridgehead atoms. The number of hydrogen-bond donors (Lipinski definition) is 0. The minimum Gasteiger partial charge on any atom is -0.462 e. The van der Waals surface area contributed by atoms with Crippen LogP contribution in [0.4, 0.5) is 15.8 Å². The molecule has 1 aromatic rings. The van der Waals surface area contributed by atoms with E-state index in [9.17, 15) is 19.3 Å². The van der Waals surface area contributed by atoms with E-state index in [4.69, 9.17) is 9.47 Å². The summed E-state index contributed by atoms with van der Waals surface area (Å²) >= 11 is 0. The molecule has 1 aromatic carbocycles. The Morgan fingerprint density at radius 2 is 2.12 bits per heavy atom. The van der Waals surface area contributed by atoms with E-state index in [1.54, 1.807) is 11.8 Å². The van der Waals surface area contributed by atoms with Gasteiger partial charge < -0.3 is 14.4 Å². The Hall–Kier alpha value is -2.22. The van der Waals surface area contributed by atoms with Crippen LogP contribution >= 0.6 is 0 Å². The molecule has 7 nitrogen and oxygen atoms in total. The molecule has 2 fully saturated rings.